The Labute approximate surface area is 155 Å². The lowest BCUT2D eigenvalue weighted by molar-refractivity contribution is -0.130. The average molecular weight is 362 g/mol. The summed E-state index contributed by atoms with van der Waals surface area (Å²) >= 11 is 0. The van der Waals surface area contributed by atoms with E-state index in [9.17, 15) is 9.59 Å². The van der Waals surface area contributed by atoms with E-state index in [1.54, 1.807) is 4.90 Å². The maximum atomic E-state index is 12.4. The fraction of sp³-hybridized carbons (Fsp3) is 0.842. The smallest absolute Gasteiger partial charge is 0.405 e. The standard InChI is InChI=1S/C19H30N4O3/c1-19(2,22-18(25)26)14-6-12-8-15(9-13(12)7-14)21-11-17(24)23-5-3-4-16(23)10-20/h12-16,21-22H,3-9,11H2,1-2H3,(H,25,26). The maximum Gasteiger partial charge on any atom is 0.405 e. The van der Waals surface area contributed by atoms with E-state index in [1.807, 2.05) is 13.8 Å². The zero-order chi connectivity index (χ0) is 18.9. The van der Waals surface area contributed by atoms with Crippen LogP contribution in [0.25, 0.3) is 0 Å². The number of nitrogens with zero attached hydrogens (tertiary/aromatic N) is 2. The van der Waals surface area contributed by atoms with Crippen LogP contribution in [-0.4, -0.2) is 52.7 Å². The molecule has 2 saturated carbocycles. The highest BCUT2D eigenvalue weighted by Crippen LogP contribution is 2.49. The van der Waals surface area contributed by atoms with Crippen molar-refractivity contribution >= 4 is 12.0 Å². The lowest BCUT2D eigenvalue weighted by atomic mass is 9.84. The number of hydrogen-bond donors (Lipinski definition) is 3. The van der Waals surface area contributed by atoms with Gasteiger partial charge in [0.15, 0.2) is 0 Å². The fourth-order valence-electron chi connectivity index (χ4n) is 5.28. The lowest BCUT2D eigenvalue weighted by Crippen LogP contribution is -2.48. The topological polar surface area (TPSA) is 105 Å². The van der Waals surface area contributed by atoms with Crippen LogP contribution in [0.4, 0.5) is 4.79 Å². The molecule has 3 fully saturated rings. The third kappa shape index (κ3) is 3.96. The van der Waals surface area contributed by atoms with Gasteiger partial charge in [-0.3, -0.25) is 4.79 Å². The molecule has 3 unspecified atom stereocenters. The monoisotopic (exact) mass is 362 g/mol. The molecule has 1 saturated heterocycles. The Balaban J connectivity index is 1.45. The molecule has 1 aliphatic heterocycles. The summed E-state index contributed by atoms with van der Waals surface area (Å²) in [5.41, 5.74) is -0.392. The first-order valence-electron chi connectivity index (χ1n) is 9.73. The molecule has 0 spiro atoms. The molecule has 2 amide bonds. The number of carboxylic acid groups (broad SMARTS) is 1. The van der Waals surface area contributed by atoms with Gasteiger partial charge in [-0.2, -0.15) is 5.26 Å². The third-order valence-electron chi connectivity index (χ3n) is 6.73. The van der Waals surface area contributed by atoms with Crippen molar-refractivity contribution in [1.82, 2.24) is 15.5 Å². The zero-order valence-corrected chi connectivity index (χ0v) is 15.7. The summed E-state index contributed by atoms with van der Waals surface area (Å²) in [5, 5.41) is 24.2. The number of likely N-dealkylation sites (tertiary alicyclic amines) is 1. The summed E-state index contributed by atoms with van der Waals surface area (Å²) in [6, 6.07) is 2.32. The highest BCUT2D eigenvalue weighted by molar-refractivity contribution is 5.79. The highest BCUT2D eigenvalue weighted by atomic mass is 16.4. The van der Waals surface area contributed by atoms with Crippen LogP contribution in [0.3, 0.4) is 0 Å². The van der Waals surface area contributed by atoms with Gasteiger partial charge < -0.3 is 20.6 Å². The predicted molar refractivity (Wildman–Crippen MR) is 96.3 cm³/mol. The van der Waals surface area contributed by atoms with Crippen LogP contribution in [0.2, 0.25) is 0 Å². The molecular weight excluding hydrogens is 332 g/mol. The molecule has 3 atom stereocenters. The molecule has 0 radical (unpaired) electrons. The summed E-state index contributed by atoms with van der Waals surface area (Å²) in [6.45, 7) is 4.96. The molecule has 2 aliphatic carbocycles. The van der Waals surface area contributed by atoms with Crippen LogP contribution in [-0.2, 0) is 4.79 Å². The van der Waals surface area contributed by atoms with Crippen LogP contribution in [0.15, 0.2) is 0 Å². The highest BCUT2D eigenvalue weighted by Gasteiger charge is 2.46. The van der Waals surface area contributed by atoms with Gasteiger partial charge in [0, 0.05) is 18.1 Å². The van der Waals surface area contributed by atoms with Crippen LogP contribution in [0.1, 0.15) is 52.4 Å². The van der Waals surface area contributed by atoms with Crippen molar-refractivity contribution in [2.75, 3.05) is 13.1 Å². The average Bonchev–Trinajstić information content (AvgIpc) is 3.24. The van der Waals surface area contributed by atoms with Crippen molar-refractivity contribution in [3.8, 4) is 6.07 Å². The lowest BCUT2D eigenvalue weighted by Gasteiger charge is -2.32. The molecule has 7 heteroatoms. The quantitative estimate of drug-likeness (QED) is 0.693. The van der Waals surface area contributed by atoms with Crippen molar-refractivity contribution in [1.29, 1.82) is 5.26 Å². The number of fused-ring (bicyclic) bond motifs is 1. The molecular formula is C19H30N4O3. The Hall–Kier alpha value is -1.81. The van der Waals surface area contributed by atoms with Crippen LogP contribution in [0, 0.1) is 29.1 Å². The summed E-state index contributed by atoms with van der Waals surface area (Å²) in [6.07, 6.45) is 4.96. The van der Waals surface area contributed by atoms with E-state index >= 15 is 0 Å². The Kier molecular flexibility index (Phi) is 5.42. The first-order chi connectivity index (χ1) is 12.3. The molecule has 0 bridgehead atoms. The minimum atomic E-state index is -0.956. The Morgan fingerprint density at radius 2 is 1.88 bits per heavy atom. The number of rotatable bonds is 5. The Bertz CT molecular complexity index is 586. The first-order valence-corrected chi connectivity index (χ1v) is 9.73. The van der Waals surface area contributed by atoms with Crippen molar-refractivity contribution in [2.45, 2.75) is 70.0 Å². The molecule has 3 N–H and O–H groups in total. The van der Waals surface area contributed by atoms with Gasteiger partial charge in [-0.15, -0.1) is 0 Å². The Morgan fingerprint density at radius 3 is 2.46 bits per heavy atom. The van der Waals surface area contributed by atoms with Gasteiger partial charge in [-0.25, -0.2) is 4.79 Å². The predicted octanol–water partition coefficient (Wildman–Crippen LogP) is 1.94. The van der Waals surface area contributed by atoms with E-state index < -0.39 is 11.6 Å². The second-order valence-electron chi connectivity index (χ2n) is 8.76. The van der Waals surface area contributed by atoms with E-state index in [0.29, 0.717) is 36.9 Å². The van der Waals surface area contributed by atoms with Crippen molar-refractivity contribution in [2.24, 2.45) is 17.8 Å². The molecule has 1 heterocycles. The molecule has 144 valence electrons. The number of carbonyl (C=O) groups excluding carboxylic acids is 1. The molecule has 0 aromatic carbocycles. The molecule has 7 nitrogen and oxygen atoms in total. The van der Waals surface area contributed by atoms with E-state index in [4.69, 9.17) is 10.4 Å². The minimum absolute atomic E-state index is 0.0378. The van der Waals surface area contributed by atoms with Crippen LogP contribution >= 0.6 is 0 Å². The van der Waals surface area contributed by atoms with Gasteiger partial charge >= 0.3 is 6.09 Å². The second kappa shape index (κ2) is 7.43. The zero-order valence-electron chi connectivity index (χ0n) is 15.7. The van der Waals surface area contributed by atoms with Gasteiger partial charge in [0.1, 0.15) is 6.04 Å². The van der Waals surface area contributed by atoms with Crippen molar-refractivity contribution < 1.29 is 14.7 Å². The van der Waals surface area contributed by atoms with Gasteiger partial charge in [0.2, 0.25) is 5.91 Å². The van der Waals surface area contributed by atoms with E-state index in [1.165, 1.54) is 0 Å². The van der Waals surface area contributed by atoms with E-state index in [-0.39, 0.29) is 11.9 Å². The number of carbonyl (C=O) groups is 2. The van der Waals surface area contributed by atoms with Gasteiger partial charge in [0.05, 0.1) is 12.6 Å². The third-order valence-corrected chi connectivity index (χ3v) is 6.73. The summed E-state index contributed by atoms with van der Waals surface area (Å²) < 4.78 is 0. The first kappa shape index (κ1) is 19.0. The second-order valence-corrected chi connectivity index (χ2v) is 8.76. The fourth-order valence-corrected chi connectivity index (χ4v) is 5.28. The molecule has 3 rings (SSSR count). The van der Waals surface area contributed by atoms with Gasteiger partial charge in [-0.1, -0.05) is 0 Å². The maximum absolute atomic E-state index is 12.4. The number of amides is 2. The van der Waals surface area contributed by atoms with Crippen molar-refractivity contribution in [3.05, 3.63) is 0 Å². The molecule has 3 aliphatic rings. The van der Waals surface area contributed by atoms with Gasteiger partial charge in [-0.05, 0) is 70.1 Å². The SMILES string of the molecule is CC(C)(NC(=O)O)C1CC2CC(NCC(=O)N3CCCC3C#N)CC2C1. The minimum Gasteiger partial charge on any atom is -0.465 e. The normalized spacial score (nSPS) is 33.7. The van der Waals surface area contributed by atoms with Gasteiger partial charge in [0.25, 0.3) is 0 Å². The van der Waals surface area contributed by atoms with E-state index in [0.717, 1.165) is 38.5 Å². The number of nitriles is 1. The molecule has 0 aromatic rings. The van der Waals surface area contributed by atoms with Crippen molar-refractivity contribution in [3.63, 3.8) is 0 Å². The van der Waals surface area contributed by atoms with E-state index in [2.05, 4.69) is 16.7 Å². The summed E-state index contributed by atoms with van der Waals surface area (Å²) in [4.78, 5) is 25.1. The van der Waals surface area contributed by atoms with Crippen LogP contribution in [0.5, 0.6) is 0 Å². The molecule has 26 heavy (non-hydrogen) atoms. The largest absolute Gasteiger partial charge is 0.465 e. The Morgan fingerprint density at radius 1 is 1.23 bits per heavy atom. The molecule has 0 aromatic heterocycles. The summed E-state index contributed by atoms with van der Waals surface area (Å²) in [7, 11) is 0. The summed E-state index contributed by atoms with van der Waals surface area (Å²) in [5.74, 6) is 1.63. The number of hydrogen-bond acceptors (Lipinski definition) is 4. The van der Waals surface area contributed by atoms with Crippen LogP contribution < -0.4 is 10.6 Å². The number of nitrogens with one attached hydrogen (secondary N) is 2.